The number of halogens is 1. The predicted molar refractivity (Wildman–Crippen MR) is 221 cm³/mol. The van der Waals surface area contributed by atoms with Gasteiger partial charge in [0.1, 0.15) is 24.0 Å². The molecular weight excluding hydrogens is 770 g/mol. The third kappa shape index (κ3) is 7.53. The van der Waals surface area contributed by atoms with E-state index in [0.29, 0.717) is 63.9 Å². The number of nitriles is 1. The quantitative estimate of drug-likeness (QED) is 0.312. The average molecular weight is 818 g/mol. The first-order chi connectivity index (χ1) is 28.5. The molecule has 3 aromatic rings. The Morgan fingerprint density at radius 2 is 1.49 bits per heavy atom. The molecule has 306 valence electrons. The van der Waals surface area contributed by atoms with E-state index in [0.717, 1.165) is 87.6 Å². The van der Waals surface area contributed by atoms with Crippen molar-refractivity contribution in [1.82, 2.24) is 20.0 Å². The zero-order valence-electron chi connectivity index (χ0n) is 33.2. The maximum absolute atomic E-state index is 13.4. The summed E-state index contributed by atoms with van der Waals surface area (Å²) in [6.45, 7) is 10.2. The topological polar surface area (TPSA) is 147 Å². The molecular formula is C45H48ClN7O6. The molecule has 0 radical (unpaired) electrons. The molecule has 59 heavy (non-hydrogen) atoms. The van der Waals surface area contributed by atoms with Gasteiger partial charge in [0.05, 0.1) is 21.7 Å². The van der Waals surface area contributed by atoms with Gasteiger partial charge in [0.2, 0.25) is 11.8 Å². The maximum atomic E-state index is 13.4. The maximum Gasteiger partial charge on any atom is 0.262 e. The molecule has 0 aromatic heterocycles. The molecule has 6 heterocycles. The lowest BCUT2D eigenvalue weighted by molar-refractivity contribution is -0.136. The fraction of sp³-hybridized carbons (Fsp3) is 0.467. The fourth-order valence-electron chi connectivity index (χ4n) is 10.1. The Morgan fingerprint density at radius 1 is 0.814 bits per heavy atom. The molecule has 5 fully saturated rings. The lowest BCUT2D eigenvalue weighted by Gasteiger charge is -2.35. The summed E-state index contributed by atoms with van der Waals surface area (Å²) in [4.78, 5) is 74.3. The molecule has 5 amide bonds. The van der Waals surface area contributed by atoms with Gasteiger partial charge in [-0.25, -0.2) is 0 Å². The average Bonchev–Trinajstić information content (AvgIpc) is 3.89. The van der Waals surface area contributed by atoms with Crippen LogP contribution in [0.2, 0.25) is 5.02 Å². The number of ether oxygens (including phenoxy) is 1. The Hall–Kier alpha value is -5.45. The van der Waals surface area contributed by atoms with Gasteiger partial charge in [0, 0.05) is 101 Å². The standard InChI is InChI=1S/C45H48ClN7O6/c1-27-39(10-4-30(21-47)41(27)46)59-35-14-18-51(19-15-35)43(56)29-2-5-33(6-3-29)52-25-31-23-49(24-32(31)26-52)22-28-12-16-50(17-13-28)34-7-8-36-37(20-34)45(58)53(44(36)57)38-9-11-40(54)48-42(38)55/h2-8,10,20,28,31-32,35,38H,9,11-19,22-26H2,1H3,(H,48,54,55). The van der Waals surface area contributed by atoms with Crippen LogP contribution in [-0.4, -0.2) is 115 Å². The molecule has 9 rings (SSSR count). The van der Waals surface area contributed by atoms with Crippen molar-refractivity contribution in [3.63, 3.8) is 0 Å². The van der Waals surface area contributed by atoms with Crippen molar-refractivity contribution in [1.29, 1.82) is 5.26 Å². The highest BCUT2D eigenvalue weighted by Crippen LogP contribution is 2.37. The van der Waals surface area contributed by atoms with Crippen molar-refractivity contribution in [3.8, 4) is 11.8 Å². The highest BCUT2D eigenvalue weighted by atomic mass is 35.5. The number of carbonyl (C=O) groups excluding carboxylic acids is 5. The van der Waals surface area contributed by atoms with Crippen molar-refractivity contribution in [2.75, 3.05) is 68.7 Å². The van der Waals surface area contributed by atoms with Crippen LogP contribution in [0, 0.1) is 36.0 Å². The van der Waals surface area contributed by atoms with Crippen molar-refractivity contribution < 1.29 is 28.7 Å². The van der Waals surface area contributed by atoms with Crippen LogP contribution in [0.4, 0.5) is 11.4 Å². The second-order valence-electron chi connectivity index (χ2n) is 17.1. The number of carbonyl (C=O) groups is 5. The van der Waals surface area contributed by atoms with Crippen LogP contribution in [0.5, 0.6) is 5.75 Å². The summed E-state index contributed by atoms with van der Waals surface area (Å²) < 4.78 is 6.23. The first-order valence-electron chi connectivity index (χ1n) is 20.9. The summed E-state index contributed by atoms with van der Waals surface area (Å²) in [5.41, 5.74) is 4.61. The summed E-state index contributed by atoms with van der Waals surface area (Å²) in [7, 11) is 0. The lowest BCUT2D eigenvalue weighted by atomic mass is 9.95. The molecule has 6 aliphatic rings. The van der Waals surface area contributed by atoms with Crippen LogP contribution < -0.4 is 19.9 Å². The van der Waals surface area contributed by atoms with Crippen LogP contribution in [0.1, 0.15) is 80.7 Å². The van der Waals surface area contributed by atoms with Crippen molar-refractivity contribution in [2.45, 2.75) is 57.6 Å². The van der Waals surface area contributed by atoms with E-state index in [2.05, 4.69) is 38.2 Å². The van der Waals surface area contributed by atoms with Gasteiger partial charge in [-0.1, -0.05) is 11.6 Å². The smallest absolute Gasteiger partial charge is 0.262 e. The molecule has 14 heteroatoms. The number of nitrogens with zero attached hydrogens (tertiary/aromatic N) is 6. The van der Waals surface area contributed by atoms with Gasteiger partial charge in [-0.15, -0.1) is 0 Å². The van der Waals surface area contributed by atoms with Gasteiger partial charge in [0.15, 0.2) is 0 Å². The SMILES string of the molecule is Cc1c(OC2CCN(C(=O)c3ccc(N4CC5CN(CC6CCN(c7ccc8c(c7)C(=O)N(C7CCC(=O)NC7=O)C8=O)CC6)CC5C4)cc3)CC2)ccc(C#N)c1Cl. The summed E-state index contributed by atoms with van der Waals surface area (Å²) in [6, 6.07) is 18.1. The van der Waals surface area contributed by atoms with Gasteiger partial charge in [-0.2, -0.15) is 5.26 Å². The molecule has 0 saturated carbocycles. The van der Waals surface area contributed by atoms with Gasteiger partial charge in [-0.05, 0) is 98.5 Å². The number of piperidine rings is 3. The minimum absolute atomic E-state index is 0.0168. The van der Waals surface area contributed by atoms with Crippen LogP contribution in [0.25, 0.3) is 0 Å². The predicted octanol–water partition coefficient (Wildman–Crippen LogP) is 4.89. The first-order valence-corrected chi connectivity index (χ1v) is 21.3. The molecule has 3 atom stereocenters. The van der Waals surface area contributed by atoms with E-state index < -0.39 is 23.8 Å². The summed E-state index contributed by atoms with van der Waals surface area (Å²) >= 11 is 6.33. The van der Waals surface area contributed by atoms with Gasteiger partial charge in [0.25, 0.3) is 17.7 Å². The summed E-state index contributed by atoms with van der Waals surface area (Å²) in [6.07, 6.45) is 3.78. The highest BCUT2D eigenvalue weighted by molar-refractivity contribution is 6.32. The number of amides is 5. The van der Waals surface area contributed by atoms with E-state index in [1.165, 1.54) is 5.69 Å². The third-order valence-corrected chi connectivity index (χ3v) is 13.9. The van der Waals surface area contributed by atoms with Crippen molar-refractivity contribution in [3.05, 3.63) is 87.4 Å². The Labute approximate surface area is 348 Å². The monoisotopic (exact) mass is 817 g/mol. The molecule has 3 unspecified atom stereocenters. The third-order valence-electron chi connectivity index (χ3n) is 13.4. The molecule has 3 aromatic carbocycles. The minimum Gasteiger partial charge on any atom is -0.490 e. The van der Waals surface area contributed by atoms with E-state index in [9.17, 15) is 29.2 Å². The second kappa shape index (κ2) is 16.0. The molecule has 1 N–H and O–H groups in total. The van der Waals surface area contributed by atoms with Crippen LogP contribution in [0.15, 0.2) is 54.6 Å². The fourth-order valence-corrected chi connectivity index (χ4v) is 10.3. The van der Waals surface area contributed by atoms with E-state index in [1.807, 2.05) is 30.0 Å². The second-order valence-corrected chi connectivity index (χ2v) is 17.4. The number of hydrogen-bond acceptors (Lipinski definition) is 10. The Kier molecular flexibility index (Phi) is 10.6. The molecule has 0 aliphatic carbocycles. The van der Waals surface area contributed by atoms with Gasteiger partial charge >= 0.3 is 0 Å². The van der Waals surface area contributed by atoms with Crippen molar-refractivity contribution in [2.24, 2.45) is 17.8 Å². The van der Waals surface area contributed by atoms with E-state index >= 15 is 0 Å². The molecule has 0 bridgehead atoms. The number of imide groups is 2. The largest absolute Gasteiger partial charge is 0.490 e. The van der Waals surface area contributed by atoms with Crippen molar-refractivity contribution >= 4 is 52.5 Å². The molecule has 5 saturated heterocycles. The number of nitrogens with one attached hydrogen (secondary N) is 1. The Morgan fingerprint density at radius 3 is 2.17 bits per heavy atom. The number of likely N-dealkylation sites (tertiary alicyclic amines) is 2. The zero-order valence-corrected chi connectivity index (χ0v) is 34.0. The lowest BCUT2D eigenvalue weighted by Crippen LogP contribution is -2.54. The van der Waals surface area contributed by atoms with Gasteiger partial charge in [-0.3, -0.25) is 34.2 Å². The number of anilines is 2. The number of rotatable bonds is 8. The molecule has 13 nitrogen and oxygen atoms in total. The number of benzene rings is 3. The normalized spacial score (nSPS) is 24.1. The summed E-state index contributed by atoms with van der Waals surface area (Å²) in [5.74, 6) is 0.628. The van der Waals surface area contributed by atoms with Gasteiger partial charge < -0.3 is 24.3 Å². The molecule has 6 aliphatic heterocycles. The Bertz CT molecular complexity index is 2230. The van der Waals surface area contributed by atoms with Crippen LogP contribution in [-0.2, 0) is 9.59 Å². The summed E-state index contributed by atoms with van der Waals surface area (Å²) in [5, 5.41) is 11.9. The zero-order chi connectivity index (χ0) is 40.9. The van der Waals surface area contributed by atoms with E-state index in [4.69, 9.17) is 16.3 Å². The van der Waals surface area contributed by atoms with E-state index in [-0.39, 0.29) is 30.8 Å². The minimum atomic E-state index is -0.965. The number of fused-ring (bicyclic) bond motifs is 2. The van der Waals surface area contributed by atoms with Crippen LogP contribution in [0.3, 0.4) is 0 Å². The number of hydrogen-bond donors (Lipinski definition) is 1. The Balaban J connectivity index is 0.715. The molecule has 0 spiro atoms. The highest BCUT2D eigenvalue weighted by Gasteiger charge is 2.45. The van der Waals surface area contributed by atoms with E-state index in [1.54, 1.807) is 24.3 Å². The first kappa shape index (κ1) is 39.0. The van der Waals surface area contributed by atoms with Crippen LogP contribution >= 0.6 is 11.6 Å².